The number of nitro groups is 1. The molecule has 1 aromatic rings. The van der Waals surface area contributed by atoms with Crippen LogP contribution in [0.1, 0.15) is 64.4 Å². The molecule has 170 valence electrons. The maximum Gasteiger partial charge on any atom is 0.269 e. The topological polar surface area (TPSA) is 80.5 Å². The molecule has 0 spiro atoms. The number of quaternary nitrogens is 1. The van der Waals surface area contributed by atoms with Crippen LogP contribution < -0.4 is 0 Å². The Bertz CT molecular complexity index is 774. The van der Waals surface area contributed by atoms with Gasteiger partial charge in [-0.15, -0.1) is 0 Å². The van der Waals surface area contributed by atoms with E-state index in [1.807, 2.05) is 6.07 Å². The highest BCUT2D eigenvalue weighted by molar-refractivity contribution is 7.89. The van der Waals surface area contributed by atoms with Gasteiger partial charge in [-0.3, -0.25) is 10.1 Å². The van der Waals surface area contributed by atoms with Crippen molar-refractivity contribution in [2.45, 2.75) is 65.3 Å². The monoisotopic (exact) mass is 440 g/mol. The van der Waals surface area contributed by atoms with Crippen LogP contribution in [0, 0.1) is 10.1 Å². The summed E-state index contributed by atoms with van der Waals surface area (Å²) in [5.74, 6) is 0.248. The van der Waals surface area contributed by atoms with Gasteiger partial charge in [0.25, 0.3) is 5.69 Å². The number of benzene rings is 1. The molecule has 1 aromatic carbocycles. The van der Waals surface area contributed by atoms with E-state index in [0.29, 0.717) is 19.6 Å². The Labute approximate surface area is 181 Å². The first kappa shape index (κ1) is 24.8. The van der Waals surface area contributed by atoms with Crippen LogP contribution in [-0.4, -0.2) is 60.6 Å². The smallest absolute Gasteiger partial charge is 0.269 e. The molecule has 0 unspecified atom stereocenters. The van der Waals surface area contributed by atoms with Gasteiger partial charge in [-0.2, -0.15) is 4.31 Å². The van der Waals surface area contributed by atoms with Gasteiger partial charge < -0.3 is 4.48 Å². The average Bonchev–Trinajstić information content (AvgIpc) is 2.73. The molecule has 7 nitrogen and oxygen atoms in total. The van der Waals surface area contributed by atoms with E-state index < -0.39 is 10.0 Å². The summed E-state index contributed by atoms with van der Waals surface area (Å²) < 4.78 is 27.9. The molecule has 0 atom stereocenters. The summed E-state index contributed by atoms with van der Waals surface area (Å²) in [5, 5.41) is 11.0. The molecular weight excluding hydrogens is 402 g/mol. The molecule has 1 aliphatic rings. The summed E-state index contributed by atoms with van der Waals surface area (Å²) in [4.78, 5) is 10.7. The van der Waals surface area contributed by atoms with Crippen molar-refractivity contribution in [1.82, 2.24) is 4.31 Å². The molecule has 0 aliphatic carbocycles. The summed E-state index contributed by atoms with van der Waals surface area (Å²) in [6.07, 6.45) is 7.78. The van der Waals surface area contributed by atoms with Gasteiger partial charge in [-0.05, 0) is 13.3 Å². The number of piperazine rings is 1. The Morgan fingerprint density at radius 1 is 1.03 bits per heavy atom. The van der Waals surface area contributed by atoms with E-state index in [9.17, 15) is 18.5 Å². The van der Waals surface area contributed by atoms with Gasteiger partial charge in [0.05, 0.1) is 43.4 Å². The lowest BCUT2D eigenvalue weighted by Crippen LogP contribution is -2.60. The lowest BCUT2D eigenvalue weighted by atomic mass is 10.1. The first-order chi connectivity index (χ1) is 14.3. The number of non-ortho nitro benzene ring substituents is 1. The van der Waals surface area contributed by atoms with Gasteiger partial charge in [0.1, 0.15) is 6.54 Å². The minimum Gasteiger partial charge on any atom is -0.318 e. The third-order valence-electron chi connectivity index (χ3n) is 6.36. The number of nitrogens with zero attached hydrogens (tertiary/aromatic N) is 3. The van der Waals surface area contributed by atoms with Crippen molar-refractivity contribution in [2.75, 3.05) is 38.5 Å². The van der Waals surface area contributed by atoms with E-state index in [1.165, 1.54) is 31.7 Å². The molecule has 30 heavy (non-hydrogen) atoms. The summed E-state index contributed by atoms with van der Waals surface area (Å²) in [6.45, 7) is 8.44. The van der Waals surface area contributed by atoms with Crippen molar-refractivity contribution in [3.05, 3.63) is 39.9 Å². The average molecular weight is 441 g/mol. The van der Waals surface area contributed by atoms with Crippen LogP contribution in [-0.2, 0) is 16.6 Å². The Balaban J connectivity index is 1.85. The zero-order chi connectivity index (χ0) is 22.0. The van der Waals surface area contributed by atoms with Gasteiger partial charge in [0, 0.05) is 17.7 Å². The van der Waals surface area contributed by atoms with Crippen molar-refractivity contribution in [3.63, 3.8) is 0 Å². The molecule has 8 heteroatoms. The van der Waals surface area contributed by atoms with Crippen LogP contribution in [0.4, 0.5) is 5.69 Å². The van der Waals surface area contributed by atoms with Crippen molar-refractivity contribution < 1.29 is 17.8 Å². The zero-order valence-corrected chi connectivity index (χ0v) is 19.4. The van der Waals surface area contributed by atoms with Crippen LogP contribution in [0.15, 0.2) is 24.3 Å². The number of hydrogen-bond donors (Lipinski definition) is 0. The summed E-state index contributed by atoms with van der Waals surface area (Å²) in [6, 6.07) is 6.79. The Morgan fingerprint density at radius 3 is 2.27 bits per heavy atom. The first-order valence-electron chi connectivity index (χ1n) is 11.4. The third-order valence-corrected chi connectivity index (χ3v) is 8.31. The summed E-state index contributed by atoms with van der Waals surface area (Å²) in [7, 11) is -3.20. The minimum absolute atomic E-state index is 0.109. The second-order valence-corrected chi connectivity index (χ2v) is 10.6. The molecule has 1 heterocycles. The fourth-order valence-electron chi connectivity index (χ4n) is 4.26. The Kier molecular flexibility index (Phi) is 9.71. The second-order valence-electron chi connectivity index (χ2n) is 8.53. The maximum atomic E-state index is 12.7. The second kappa shape index (κ2) is 11.8. The van der Waals surface area contributed by atoms with Crippen LogP contribution >= 0.6 is 0 Å². The minimum atomic E-state index is -3.20. The largest absolute Gasteiger partial charge is 0.318 e. The van der Waals surface area contributed by atoms with Crippen molar-refractivity contribution in [1.29, 1.82) is 0 Å². The van der Waals surface area contributed by atoms with Crippen LogP contribution in [0.5, 0.6) is 0 Å². The maximum absolute atomic E-state index is 12.7. The molecule has 0 saturated carbocycles. The number of likely N-dealkylation sites (N-methyl/N-ethyl adjacent to an activating group) is 1. The highest BCUT2D eigenvalue weighted by atomic mass is 32.2. The lowest BCUT2D eigenvalue weighted by molar-refractivity contribution is -0.942. The van der Waals surface area contributed by atoms with E-state index in [-0.39, 0.29) is 16.4 Å². The number of unbranched alkanes of at least 4 members (excludes halogenated alkanes) is 6. The summed E-state index contributed by atoms with van der Waals surface area (Å²) >= 11 is 0. The highest BCUT2D eigenvalue weighted by Gasteiger charge is 2.36. The zero-order valence-electron chi connectivity index (χ0n) is 18.6. The molecule has 0 N–H and O–H groups in total. The van der Waals surface area contributed by atoms with Gasteiger partial charge in [0.15, 0.2) is 0 Å². The van der Waals surface area contributed by atoms with E-state index in [4.69, 9.17) is 0 Å². The fourth-order valence-corrected chi connectivity index (χ4v) is 5.81. The Morgan fingerprint density at radius 2 is 1.67 bits per heavy atom. The first-order valence-corrected chi connectivity index (χ1v) is 13.0. The number of hydrogen-bond acceptors (Lipinski definition) is 4. The number of nitro benzene ring substituents is 1. The highest BCUT2D eigenvalue weighted by Crippen LogP contribution is 2.23. The van der Waals surface area contributed by atoms with E-state index in [2.05, 4.69) is 13.8 Å². The predicted molar refractivity (Wildman–Crippen MR) is 121 cm³/mol. The standard InChI is InChI=1S/C22H38N3O4S/c1-3-5-6-7-8-9-10-18-30(28,29)23-14-16-25(4-2,17-15-23)20-21-12-11-13-22(19-21)24(26)27/h11-13,19H,3-10,14-18,20H2,1-2H3/q+1. The molecule has 0 amide bonds. The van der Waals surface area contributed by atoms with Crippen molar-refractivity contribution in [2.24, 2.45) is 0 Å². The summed E-state index contributed by atoms with van der Waals surface area (Å²) in [5.41, 5.74) is 1.04. The number of rotatable bonds is 13. The number of sulfonamides is 1. The predicted octanol–water partition coefficient (Wildman–Crippen LogP) is 4.33. The molecular formula is C22H38N3O4S+. The molecule has 0 aromatic heterocycles. The van der Waals surface area contributed by atoms with Gasteiger partial charge in [0.2, 0.25) is 10.0 Å². The molecule has 1 fully saturated rings. The Hall–Kier alpha value is -1.51. The molecule has 0 bridgehead atoms. The van der Waals surface area contributed by atoms with E-state index in [1.54, 1.807) is 16.4 Å². The van der Waals surface area contributed by atoms with E-state index >= 15 is 0 Å². The molecule has 2 rings (SSSR count). The molecule has 1 saturated heterocycles. The van der Waals surface area contributed by atoms with Gasteiger partial charge in [-0.1, -0.05) is 57.6 Å². The normalized spacial score (nSPS) is 17.1. The molecule has 1 aliphatic heterocycles. The van der Waals surface area contributed by atoms with Gasteiger partial charge >= 0.3 is 0 Å². The van der Waals surface area contributed by atoms with Crippen LogP contribution in [0.25, 0.3) is 0 Å². The van der Waals surface area contributed by atoms with Crippen LogP contribution in [0.2, 0.25) is 0 Å². The fraction of sp³-hybridized carbons (Fsp3) is 0.727. The van der Waals surface area contributed by atoms with Crippen LogP contribution in [0.3, 0.4) is 0 Å². The van der Waals surface area contributed by atoms with Crippen molar-refractivity contribution in [3.8, 4) is 0 Å². The quantitative estimate of drug-likeness (QED) is 0.198. The van der Waals surface area contributed by atoms with Crippen molar-refractivity contribution >= 4 is 15.7 Å². The SMILES string of the molecule is CCCCCCCCCS(=O)(=O)N1CC[N+](CC)(Cc2cccc([N+](=O)[O-])c2)CC1. The molecule has 0 radical (unpaired) electrons. The van der Waals surface area contributed by atoms with Gasteiger partial charge in [-0.25, -0.2) is 8.42 Å². The lowest BCUT2D eigenvalue weighted by Gasteiger charge is -2.44. The third kappa shape index (κ3) is 7.32. The van der Waals surface area contributed by atoms with E-state index in [0.717, 1.165) is 48.9 Å².